The van der Waals surface area contributed by atoms with Gasteiger partial charge in [-0.05, 0) is 50.1 Å². The molecular weight excluding hydrogens is 351 g/mol. The predicted octanol–water partition coefficient (Wildman–Crippen LogP) is 3.08. The minimum absolute atomic E-state index is 0.0207. The Bertz CT molecular complexity index is 925. The molecule has 0 saturated carbocycles. The molecule has 2 aromatic heterocycles. The highest BCUT2D eigenvalue weighted by molar-refractivity contribution is 7.20. The monoisotopic (exact) mass is 372 g/mol. The van der Waals surface area contributed by atoms with E-state index in [1.165, 1.54) is 23.5 Å². The van der Waals surface area contributed by atoms with Crippen LogP contribution in [0.2, 0.25) is 0 Å². The van der Waals surface area contributed by atoms with Gasteiger partial charge in [0.1, 0.15) is 10.6 Å². The molecule has 1 aliphatic heterocycles. The van der Waals surface area contributed by atoms with Gasteiger partial charge in [0.05, 0.1) is 17.1 Å². The van der Waals surface area contributed by atoms with Gasteiger partial charge in [0.25, 0.3) is 5.91 Å². The zero-order valence-electron chi connectivity index (χ0n) is 14.6. The van der Waals surface area contributed by atoms with Crippen LogP contribution in [0.15, 0.2) is 30.3 Å². The van der Waals surface area contributed by atoms with E-state index in [9.17, 15) is 9.18 Å². The highest BCUT2D eigenvalue weighted by atomic mass is 32.1. The summed E-state index contributed by atoms with van der Waals surface area (Å²) in [4.78, 5) is 14.3. The SMILES string of the molecule is Cc1nn(Cc2ccc(F)cc2)c2sc(C(=O)N[C@H]3CCCNC3)cc12. The number of aromatic nitrogens is 2. The van der Waals surface area contributed by atoms with Crippen molar-refractivity contribution in [3.05, 3.63) is 52.3 Å². The van der Waals surface area contributed by atoms with Gasteiger partial charge >= 0.3 is 0 Å². The van der Waals surface area contributed by atoms with E-state index in [0.717, 1.165) is 47.4 Å². The molecule has 3 heterocycles. The second-order valence-corrected chi connectivity index (χ2v) is 7.75. The smallest absolute Gasteiger partial charge is 0.261 e. The predicted molar refractivity (Wildman–Crippen MR) is 101 cm³/mol. The largest absolute Gasteiger partial charge is 0.347 e. The van der Waals surface area contributed by atoms with Gasteiger partial charge in [-0.3, -0.25) is 9.48 Å². The second-order valence-electron chi connectivity index (χ2n) is 6.72. The van der Waals surface area contributed by atoms with E-state index in [1.807, 2.05) is 17.7 Å². The van der Waals surface area contributed by atoms with Gasteiger partial charge < -0.3 is 10.6 Å². The lowest BCUT2D eigenvalue weighted by molar-refractivity contribution is 0.0935. The summed E-state index contributed by atoms with van der Waals surface area (Å²) in [5.41, 5.74) is 1.88. The van der Waals surface area contributed by atoms with Gasteiger partial charge in [-0.15, -0.1) is 11.3 Å². The Morgan fingerprint density at radius 2 is 2.23 bits per heavy atom. The molecule has 4 rings (SSSR count). The maximum atomic E-state index is 13.1. The Labute approximate surface area is 155 Å². The van der Waals surface area contributed by atoms with Crippen LogP contribution in [-0.4, -0.2) is 34.8 Å². The molecule has 0 radical (unpaired) electrons. The number of carbonyl (C=O) groups is 1. The molecule has 1 fully saturated rings. The first kappa shape index (κ1) is 17.2. The lowest BCUT2D eigenvalue weighted by Gasteiger charge is -2.23. The molecule has 1 amide bonds. The summed E-state index contributed by atoms with van der Waals surface area (Å²) in [5, 5.41) is 12.0. The van der Waals surface area contributed by atoms with Crippen molar-refractivity contribution in [1.82, 2.24) is 20.4 Å². The van der Waals surface area contributed by atoms with Gasteiger partial charge in [0.2, 0.25) is 0 Å². The van der Waals surface area contributed by atoms with Gasteiger partial charge in [-0.1, -0.05) is 12.1 Å². The van der Waals surface area contributed by atoms with Crippen molar-refractivity contribution in [2.75, 3.05) is 13.1 Å². The zero-order chi connectivity index (χ0) is 18.1. The number of benzene rings is 1. The van der Waals surface area contributed by atoms with Crippen LogP contribution in [0.25, 0.3) is 10.2 Å². The third kappa shape index (κ3) is 3.50. The quantitative estimate of drug-likeness (QED) is 0.740. The van der Waals surface area contributed by atoms with E-state index in [-0.39, 0.29) is 17.8 Å². The van der Waals surface area contributed by atoms with E-state index < -0.39 is 0 Å². The zero-order valence-corrected chi connectivity index (χ0v) is 15.4. The number of nitrogens with one attached hydrogen (secondary N) is 2. The van der Waals surface area contributed by atoms with E-state index in [2.05, 4.69) is 15.7 Å². The van der Waals surface area contributed by atoms with Crippen LogP contribution in [-0.2, 0) is 6.54 Å². The summed E-state index contributed by atoms with van der Waals surface area (Å²) in [5.74, 6) is -0.268. The van der Waals surface area contributed by atoms with Gasteiger partial charge in [0, 0.05) is 18.0 Å². The van der Waals surface area contributed by atoms with E-state index >= 15 is 0 Å². The van der Waals surface area contributed by atoms with Crippen molar-refractivity contribution in [2.45, 2.75) is 32.4 Å². The van der Waals surface area contributed by atoms with Crippen molar-refractivity contribution >= 4 is 27.5 Å². The normalized spacial score (nSPS) is 17.5. The van der Waals surface area contributed by atoms with Crippen molar-refractivity contribution in [3.63, 3.8) is 0 Å². The molecule has 0 unspecified atom stereocenters. The number of piperidine rings is 1. The van der Waals surface area contributed by atoms with Crippen LogP contribution < -0.4 is 10.6 Å². The van der Waals surface area contributed by atoms with Gasteiger partial charge in [-0.2, -0.15) is 5.10 Å². The van der Waals surface area contributed by atoms with Crippen molar-refractivity contribution < 1.29 is 9.18 Å². The topological polar surface area (TPSA) is 59.0 Å². The minimum atomic E-state index is -0.247. The Balaban J connectivity index is 1.56. The fourth-order valence-corrected chi connectivity index (χ4v) is 4.39. The minimum Gasteiger partial charge on any atom is -0.347 e. The summed E-state index contributed by atoms with van der Waals surface area (Å²) in [6.07, 6.45) is 2.10. The molecule has 1 aliphatic rings. The van der Waals surface area contributed by atoms with Crippen molar-refractivity contribution in [2.24, 2.45) is 0 Å². The van der Waals surface area contributed by atoms with E-state index in [1.54, 1.807) is 12.1 Å². The highest BCUT2D eigenvalue weighted by Gasteiger charge is 2.20. The maximum Gasteiger partial charge on any atom is 0.261 e. The van der Waals surface area contributed by atoms with E-state index in [4.69, 9.17) is 0 Å². The molecule has 3 aromatic rings. The van der Waals surface area contributed by atoms with Crippen LogP contribution in [0.1, 0.15) is 33.8 Å². The van der Waals surface area contributed by atoms with E-state index in [0.29, 0.717) is 11.4 Å². The maximum absolute atomic E-state index is 13.1. The molecule has 1 aromatic carbocycles. The van der Waals surface area contributed by atoms with Gasteiger partial charge in [-0.25, -0.2) is 4.39 Å². The number of rotatable bonds is 4. The Morgan fingerprint density at radius 1 is 1.42 bits per heavy atom. The average Bonchev–Trinajstić information content (AvgIpc) is 3.20. The molecule has 1 saturated heterocycles. The van der Waals surface area contributed by atoms with Crippen LogP contribution in [0.5, 0.6) is 0 Å². The Morgan fingerprint density at radius 3 is 2.96 bits per heavy atom. The second kappa shape index (κ2) is 7.17. The molecular formula is C19H21FN4OS. The molecule has 0 aliphatic carbocycles. The van der Waals surface area contributed by atoms with Crippen LogP contribution >= 0.6 is 11.3 Å². The van der Waals surface area contributed by atoms with Gasteiger partial charge in [0.15, 0.2) is 0 Å². The number of hydrogen-bond acceptors (Lipinski definition) is 4. The lowest BCUT2D eigenvalue weighted by Crippen LogP contribution is -2.45. The summed E-state index contributed by atoms with van der Waals surface area (Å²) in [6.45, 7) is 4.35. The summed E-state index contributed by atoms with van der Waals surface area (Å²) in [7, 11) is 0. The Kier molecular flexibility index (Phi) is 4.74. The first-order chi connectivity index (χ1) is 12.6. The standard InChI is InChI=1S/C19H21FN4OS/c1-12-16-9-17(18(25)22-15-3-2-8-21-10-15)26-19(16)24(23-12)11-13-4-6-14(20)7-5-13/h4-7,9,15,21H,2-3,8,10-11H2,1H3,(H,22,25)/t15-/m0/s1. The highest BCUT2D eigenvalue weighted by Crippen LogP contribution is 2.29. The average molecular weight is 372 g/mol. The van der Waals surface area contributed by atoms with Crippen LogP contribution in [0.3, 0.4) is 0 Å². The van der Waals surface area contributed by atoms with Crippen molar-refractivity contribution in [1.29, 1.82) is 0 Å². The number of fused-ring (bicyclic) bond motifs is 1. The molecule has 26 heavy (non-hydrogen) atoms. The molecule has 7 heteroatoms. The number of thiophene rings is 1. The summed E-state index contributed by atoms with van der Waals surface area (Å²) >= 11 is 1.46. The number of amides is 1. The molecule has 136 valence electrons. The molecule has 0 spiro atoms. The molecule has 5 nitrogen and oxygen atoms in total. The number of hydrogen-bond donors (Lipinski definition) is 2. The lowest BCUT2D eigenvalue weighted by atomic mass is 10.1. The third-order valence-corrected chi connectivity index (χ3v) is 5.86. The summed E-state index contributed by atoms with van der Waals surface area (Å²) < 4.78 is 15.0. The number of nitrogens with zero attached hydrogens (tertiary/aromatic N) is 2. The first-order valence-corrected chi connectivity index (χ1v) is 9.65. The first-order valence-electron chi connectivity index (χ1n) is 8.83. The fraction of sp³-hybridized carbons (Fsp3) is 0.368. The molecule has 2 N–H and O–H groups in total. The summed E-state index contributed by atoms with van der Waals surface area (Å²) in [6, 6.07) is 8.54. The van der Waals surface area contributed by atoms with Crippen LogP contribution in [0.4, 0.5) is 4.39 Å². The van der Waals surface area contributed by atoms with Crippen molar-refractivity contribution in [3.8, 4) is 0 Å². The fourth-order valence-electron chi connectivity index (χ4n) is 3.33. The third-order valence-electron chi connectivity index (χ3n) is 4.71. The van der Waals surface area contributed by atoms with Crippen LogP contribution in [0, 0.1) is 12.7 Å². The molecule has 0 bridgehead atoms. The Hall–Kier alpha value is -2.25. The number of aryl methyl sites for hydroxylation is 1. The number of halogens is 1. The molecule has 1 atom stereocenters. The number of carbonyl (C=O) groups excluding carboxylic acids is 1.